The van der Waals surface area contributed by atoms with E-state index in [1.807, 2.05) is 13.8 Å². The van der Waals surface area contributed by atoms with E-state index in [1.165, 1.54) is 11.3 Å². The molecule has 270 valence electrons. The van der Waals surface area contributed by atoms with E-state index in [4.69, 9.17) is 10.5 Å². The molecule has 2 aliphatic carbocycles. The Kier molecular flexibility index (Phi) is 16.9. The lowest BCUT2D eigenvalue weighted by molar-refractivity contribution is -0.153. The van der Waals surface area contributed by atoms with E-state index < -0.39 is 58.7 Å². The largest absolute Gasteiger partial charge is 0.459 e. The van der Waals surface area contributed by atoms with Crippen molar-refractivity contribution >= 4 is 35.5 Å². The third-order valence-corrected chi connectivity index (χ3v) is 8.02. The Hall–Kier alpha value is -3.18. The SMILES string of the molecule is CC(C)C.CC1CC(C(=O)NC(CC2CC2)C(=O)C(N)=O)N(C(=O)C(NC(=O)NCC(=O)OC(C)(C)C)C2(C)CCCC2)C1.CCC. The molecule has 5 N–H and O–H groups in total. The first-order valence-electron chi connectivity index (χ1n) is 17.4. The number of nitrogens with zero attached hydrogens (tertiary/aromatic N) is 1. The summed E-state index contributed by atoms with van der Waals surface area (Å²) in [6.07, 6.45) is 7.05. The highest BCUT2D eigenvalue weighted by molar-refractivity contribution is 6.37. The predicted octanol–water partition coefficient (Wildman–Crippen LogP) is 4.23. The number of hydrogen-bond acceptors (Lipinski definition) is 7. The Morgan fingerprint density at radius 2 is 1.51 bits per heavy atom. The molecule has 1 saturated heterocycles. The maximum absolute atomic E-state index is 14.0. The lowest BCUT2D eigenvalue weighted by atomic mass is 9.79. The number of hydrogen-bond donors (Lipinski definition) is 4. The molecule has 0 spiro atoms. The normalized spacial score (nSPS) is 21.2. The summed E-state index contributed by atoms with van der Waals surface area (Å²) in [4.78, 5) is 77.9. The number of likely N-dealkylation sites (tertiary alicyclic amines) is 1. The third kappa shape index (κ3) is 15.1. The van der Waals surface area contributed by atoms with E-state index in [9.17, 15) is 28.8 Å². The molecular weight excluding hydrogens is 602 g/mol. The molecule has 2 saturated carbocycles. The van der Waals surface area contributed by atoms with Crippen molar-refractivity contribution in [3.63, 3.8) is 0 Å². The molecule has 0 radical (unpaired) electrons. The van der Waals surface area contributed by atoms with Gasteiger partial charge in [0.25, 0.3) is 5.91 Å². The summed E-state index contributed by atoms with van der Waals surface area (Å²) in [5.41, 5.74) is 3.98. The summed E-state index contributed by atoms with van der Waals surface area (Å²) >= 11 is 0. The van der Waals surface area contributed by atoms with Crippen molar-refractivity contribution in [2.45, 2.75) is 151 Å². The smallest absolute Gasteiger partial charge is 0.325 e. The fraction of sp³-hybridized carbons (Fsp3) is 0.829. The zero-order valence-electron chi connectivity index (χ0n) is 30.6. The molecule has 4 atom stereocenters. The van der Waals surface area contributed by atoms with Crippen LogP contribution >= 0.6 is 0 Å². The standard InChI is InChI=1S/C28H45N5O7.C4H10.C3H8/c1-16-12-19(24(37)31-18(13-17-8-9-17)21(35)23(29)36)33(15-16)25(38)22(28(5)10-6-7-11-28)32-26(39)30-14-20(34)40-27(2,3)4;1-4(2)3;1-3-2/h16-19,22H,6-15H2,1-5H3,(H2,29,36)(H,31,37)(H2,30,32,39);4H,1-3H3;3H2,1-2H3. The number of ketones is 1. The monoisotopic (exact) mass is 665 g/mol. The van der Waals surface area contributed by atoms with Gasteiger partial charge in [-0.25, -0.2) is 4.79 Å². The van der Waals surface area contributed by atoms with Crippen LogP contribution in [-0.2, 0) is 28.7 Å². The van der Waals surface area contributed by atoms with Gasteiger partial charge in [0.05, 0.1) is 6.04 Å². The minimum absolute atomic E-state index is 0.00598. The van der Waals surface area contributed by atoms with Crippen molar-refractivity contribution < 1.29 is 33.5 Å². The molecular formula is C35H63N5O7. The Bertz CT molecular complexity index is 1070. The minimum atomic E-state index is -1.10. The molecule has 0 aromatic rings. The van der Waals surface area contributed by atoms with Gasteiger partial charge in [0, 0.05) is 6.54 Å². The van der Waals surface area contributed by atoms with Gasteiger partial charge in [-0.15, -0.1) is 0 Å². The van der Waals surface area contributed by atoms with Crippen molar-refractivity contribution in [1.82, 2.24) is 20.9 Å². The summed E-state index contributed by atoms with van der Waals surface area (Å²) in [6.45, 7) is 19.7. The first-order valence-corrected chi connectivity index (χ1v) is 17.4. The van der Waals surface area contributed by atoms with Crippen molar-refractivity contribution in [2.75, 3.05) is 13.1 Å². The number of esters is 1. The fourth-order valence-electron chi connectivity index (χ4n) is 5.78. The highest BCUT2D eigenvalue weighted by Gasteiger charge is 2.48. The third-order valence-electron chi connectivity index (χ3n) is 8.02. The molecule has 5 amide bonds. The second-order valence-electron chi connectivity index (χ2n) is 15.5. The molecule has 3 fully saturated rings. The van der Waals surface area contributed by atoms with Crippen LogP contribution in [0.3, 0.4) is 0 Å². The fourth-order valence-corrected chi connectivity index (χ4v) is 5.78. The Morgan fingerprint density at radius 3 is 1.98 bits per heavy atom. The van der Waals surface area contributed by atoms with Gasteiger partial charge in [-0.3, -0.25) is 24.0 Å². The van der Waals surface area contributed by atoms with Crippen LogP contribution in [0.1, 0.15) is 127 Å². The van der Waals surface area contributed by atoms with E-state index in [2.05, 4.69) is 50.6 Å². The number of primary amides is 1. The topological polar surface area (TPSA) is 177 Å². The van der Waals surface area contributed by atoms with Crippen LogP contribution in [0.4, 0.5) is 4.79 Å². The molecule has 3 aliphatic rings. The van der Waals surface area contributed by atoms with E-state index in [0.29, 0.717) is 32.2 Å². The number of Topliss-reactive ketones (excluding diaryl/α,β-unsaturated/α-hetero) is 1. The quantitative estimate of drug-likeness (QED) is 0.188. The van der Waals surface area contributed by atoms with Crippen LogP contribution in [0.2, 0.25) is 0 Å². The zero-order chi connectivity index (χ0) is 36.1. The molecule has 12 heteroatoms. The summed E-state index contributed by atoms with van der Waals surface area (Å²) in [5, 5.41) is 7.96. The molecule has 3 rings (SSSR count). The molecule has 12 nitrogen and oxygen atoms in total. The van der Waals surface area contributed by atoms with Crippen LogP contribution in [-0.4, -0.2) is 77.2 Å². The number of carbonyl (C=O) groups is 6. The number of rotatable bonds is 11. The Morgan fingerprint density at radius 1 is 0.979 bits per heavy atom. The maximum atomic E-state index is 14.0. The summed E-state index contributed by atoms with van der Waals surface area (Å²) in [6, 6.07) is -3.49. The predicted molar refractivity (Wildman–Crippen MR) is 182 cm³/mol. The first-order chi connectivity index (χ1) is 21.7. The number of nitrogens with one attached hydrogen (secondary N) is 3. The lowest BCUT2D eigenvalue weighted by Gasteiger charge is -2.37. The lowest BCUT2D eigenvalue weighted by Crippen LogP contribution is -2.60. The number of ether oxygens (including phenoxy) is 1. The van der Waals surface area contributed by atoms with Gasteiger partial charge in [0.2, 0.25) is 17.6 Å². The average Bonchev–Trinajstić information content (AvgIpc) is 3.51. The minimum Gasteiger partial charge on any atom is -0.459 e. The van der Waals surface area contributed by atoms with Crippen LogP contribution < -0.4 is 21.7 Å². The molecule has 47 heavy (non-hydrogen) atoms. The first kappa shape index (κ1) is 41.8. The van der Waals surface area contributed by atoms with E-state index in [-0.39, 0.29) is 24.3 Å². The molecule has 0 bridgehead atoms. The zero-order valence-corrected chi connectivity index (χ0v) is 30.6. The van der Waals surface area contributed by atoms with Gasteiger partial charge in [-0.05, 0) is 69.6 Å². The molecule has 0 aromatic carbocycles. The maximum Gasteiger partial charge on any atom is 0.325 e. The number of carbonyl (C=O) groups excluding carboxylic acids is 6. The van der Waals surface area contributed by atoms with Gasteiger partial charge in [-0.1, -0.05) is 80.6 Å². The summed E-state index contributed by atoms with van der Waals surface area (Å²) in [7, 11) is 0. The van der Waals surface area contributed by atoms with Gasteiger partial charge < -0.3 is 31.3 Å². The number of nitrogens with two attached hydrogens (primary N) is 1. The molecule has 1 heterocycles. The average molecular weight is 666 g/mol. The molecule has 1 aliphatic heterocycles. The van der Waals surface area contributed by atoms with E-state index in [0.717, 1.165) is 31.6 Å². The van der Waals surface area contributed by atoms with E-state index >= 15 is 0 Å². The van der Waals surface area contributed by atoms with Gasteiger partial charge in [0.15, 0.2) is 0 Å². The van der Waals surface area contributed by atoms with Crippen LogP contribution in [0.15, 0.2) is 0 Å². The highest BCUT2D eigenvalue weighted by Crippen LogP contribution is 2.42. The van der Waals surface area contributed by atoms with Gasteiger partial charge in [-0.2, -0.15) is 0 Å². The number of amides is 5. The molecule has 4 unspecified atom stereocenters. The van der Waals surface area contributed by atoms with Crippen molar-refractivity contribution in [2.24, 2.45) is 28.9 Å². The van der Waals surface area contributed by atoms with Gasteiger partial charge >= 0.3 is 12.0 Å². The number of urea groups is 1. The Balaban J connectivity index is 0.00000144. The van der Waals surface area contributed by atoms with E-state index in [1.54, 1.807) is 20.8 Å². The van der Waals surface area contributed by atoms with Crippen molar-refractivity contribution in [3.8, 4) is 0 Å². The Labute approximate surface area is 282 Å². The van der Waals surface area contributed by atoms with Crippen LogP contribution in [0.25, 0.3) is 0 Å². The summed E-state index contributed by atoms with van der Waals surface area (Å²) < 4.78 is 5.23. The summed E-state index contributed by atoms with van der Waals surface area (Å²) in [5.74, 6) is -2.35. The highest BCUT2D eigenvalue weighted by atomic mass is 16.6. The second kappa shape index (κ2) is 19.0. The molecule has 0 aromatic heterocycles. The van der Waals surface area contributed by atoms with Crippen LogP contribution in [0.5, 0.6) is 0 Å². The second-order valence-corrected chi connectivity index (χ2v) is 15.5. The van der Waals surface area contributed by atoms with Crippen molar-refractivity contribution in [1.29, 1.82) is 0 Å². The van der Waals surface area contributed by atoms with Crippen molar-refractivity contribution in [3.05, 3.63) is 0 Å². The van der Waals surface area contributed by atoms with Crippen LogP contribution in [0, 0.1) is 23.2 Å². The van der Waals surface area contributed by atoms with Gasteiger partial charge in [0.1, 0.15) is 24.2 Å².